The summed E-state index contributed by atoms with van der Waals surface area (Å²) in [5.74, 6) is -3.15. The van der Waals surface area contributed by atoms with Crippen molar-refractivity contribution in [3.63, 3.8) is 0 Å². The number of aliphatic hydroxyl groups excluding tert-OH is 1. The predicted octanol–water partition coefficient (Wildman–Crippen LogP) is 3.46. The van der Waals surface area contributed by atoms with E-state index in [1.54, 1.807) is 0 Å². The summed E-state index contributed by atoms with van der Waals surface area (Å²) in [6, 6.07) is -0.481. The Morgan fingerprint density at radius 3 is 2.48 bits per heavy atom. The van der Waals surface area contributed by atoms with Gasteiger partial charge in [0.25, 0.3) is 5.78 Å². The van der Waals surface area contributed by atoms with Crippen LogP contribution in [0, 0.1) is 11.6 Å². The quantitative estimate of drug-likeness (QED) is 0.454. The SMILES string of the molecule is CC(Nc1c(-c2c(F)cc(OCCO)cc2F)c(Cl)nc2ncnn12)C(F)(F)F. The van der Waals surface area contributed by atoms with Crippen LogP contribution in [-0.4, -0.2) is 50.1 Å². The largest absolute Gasteiger partial charge is 0.491 e. The van der Waals surface area contributed by atoms with Gasteiger partial charge in [-0.1, -0.05) is 11.6 Å². The Kier molecular flexibility index (Phi) is 5.75. The fourth-order valence-corrected chi connectivity index (χ4v) is 2.75. The second kappa shape index (κ2) is 7.95. The number of aromatic nitrogens is 4. The van der Waals surface area contributed by atoms with E-state index in [1.807, 2.05) is 0 Å². The Morgan fingerprint density at radius 1 is 1.24 bits per heavy atom. The number of rotatable bonds is 6. The first-order valence-electron chi connectivity index (χ1n) is 8.09. The highest BCUT2D eigenvalue weighted by Crippen LogP contribution is 2.39. The maximum atomic E-state index is 14.7. The number of ether oxygens (including phenoxy) is 1. The number of nitrogens with one attached hydrogen (secondary N) is 1. The molecule has 0 bridgehead atoms. The van der Waals surface area contributed by atoms with Gasteiger partial charge in [-0.25, -0.2) is 8.78 Å². The average Bonchev–Trinajstić information content (AvgIpc) is 3.08. The van der Waals surface area contributed by atoms with Gasteiger partial charge in [-0.3, -0.25) is 0 Å². The molecule has 0 aliphatic heterocycles. The Balaban J connectivity index is 2.21. The minimum absolute atomic E-state index is 0.167. The summed E-state index contributed by atoms with van der Waals surface area (Å²) in [5.41, 5.74) is -1.20. The van der Waals surface area contributed by atoms with Gasteiger partial charge in [0, 0.05) is 12.1 Å². The second-order valence-corrected chi connectivity index (χ2v) is 6.20. The molecule has 29 heavy (non-hydrogen) atoms. The monoisotopic (exact) mass is 437 g/mol. The fraction of sp³-hybridized carbons (Fsp3) is 0.312. The first kappa shape index (κ1) is 21.0. The molecule has 7 nitrogen and oxygen atoms in total. The molecule has 3 aromatic rings. The molecule has 2 aromatic heterocycles. The molecule has 0 saturated carbocycles. The maximum Gasteiger partial charge on any atom is 0.408 e. The standard InChI is InChI=1S/C16H13ClF5N5O2/c1-7(16(20,21)22)25-14-12(13(17)26-15-23-6-24-27(14)15)11-9(18)4-8(5-10(11)19)29-3-2-28/h4-7,25,28H,2-3H2,1H3. The van der Waals surface area contributed by atoms with Crippen molar-refractivity contribution in [1.29, 1.82) is 0 Å². The van der Waals surface area contributed by atoms with E-state index in [-0.39, 0.29) is 24.7 Å². The first-order chi connectivity index (χ1) is 13.6. The van der Waals surface area contributed by atoms with E-state index in [4.69, 9.17) is 21.4 Å². The molecule has 0 radical (unpaired) electrons. The van der Waals surface area contributed by atoms with Gasteiger partial charge in [-0.2, -0.15) is 32.8 Å². The Hall–Kier alpha value is -2.73. The van der Waals surface area contributed by atoms with Crippen LogP contribution in [0.5, 0.6) is 5.75 Å². The highest BCUT2D eigenvalue weighted by Gasteiger charge is 2.37. The summed E-state index contributed by atoms with van der Waals surface area (Å²) in [7, 11) is 0. The third-order valence-corrected chi connectivity index (χ3v) is 4.13. The Morgan fingerprint density at radius 2 is 1.90 bits per heavy atom. The van der Waals surface area contributed by atoms with Crippen molar-refractivity contribution in [3.05, 3.63) is 35.2 Å². The number of fused-ring (bicyclic) bond motifs is 1. The van der Waals surface area contributed by atoms with Gasteiger partial charge in [0.15, 0.2) is 0 Å². The molecule has 1 atom stereocenters. The van der Waals surface area contributed by atoms with Gasteiger partial charge in [-0.15, -0.1) is 0 Å². The molecule has 0 aliphatic carbocycles. The van der Waals surface area contributed by atoms with E-state index in [1.165, 1.54) is 0 Å². The summed E-state index contributed by atoms with van der Waals surface area (Å²) in [6.07, 6.45) is -3.66. The number of hydrogen-bond donors (Lipinski definition) is 2. The maximum absolute atomic E-state index is 14.7. The van der Waals surface area contributed by atoms with Gasteiger partial charge >= 0.3 is 6.18 Å². The van der Waals surface area contributed by atoms with E-state index >= 15 is 0 Å². The summed E-state index contributed by atoms with van der Waals surface area (Å²) < 4.78 is 74.5. The minimum atomic E-state index is -4.67. The van der Waals surface area contributed by atoms with E-state index in [2.05, 4.69) is 20.4 Å². The molecule has 2 N–H and O–H groups in total. The van der Waals surface area contributed by atoms with Gasteiger partial charge in [-0.05, 0) is 6.92 Å². The second-order valence-electron chi connectivity index (χ2n) is 5.84. The normalized spacial score (nSPS) is 13.0. The van der Waals surface area contributed by atoms with Crippen molar-refractivity contribution in [2.75, 3.05) is 18.5 Å². The van der Waals surface area contributed by atoms with Crippen molar-refractivity contribution >= 4 is 23.2 Å². The highest BCUT2D eigenvalue weighted by molar-refractivity contribution is 6.33. The van der Waals surface area contributed by atoms with Crippen molar-refractivity contribution in [2.24, 2.45) is 0 Å². The summed E-state index contributed by atoms with van der Waals surface area (Å²) in [4.78, 5) is 7.57. The van der Waals surface area contributed by atoms with Crippen molar-refractivity contribution in [2.45, 2.75) is 19.1 Å². The Bertz CT molecular complexity index is 1020. The van der Waals surface area contributed by atoms with Crippen LogP contribution >= 0.6 is 11.6 Å². The van der Waals surface area contributed by atoms with E-state index in [0.29, 0.717) is 0 Å². The van der Waals surface area contributed by atoms with E-state index < -0.39 is 46.0 Å². The van der Waals surface area contributed by atoms with Gasteiger partial charge in [0.05, 0.1) is 17.7 Å². The zero-order valence-electron chi connectivity index (χ0n) is 14.6. The van der Waals surface area contributed by atoms with E-state index in [0.717, 1.165) is 29.9 Å². The summed E-state index contributed by atoms with van der Waals surface area (Å²) in [6.45, 7) is 0.230. The fourth-order valence-electron chi connectivity index (χ4n) is 2.49. The molecule has 0 aliphatic rings. The average molecular weight is 438 g/mol. The van der Waals surface area contributed by atoms with Crippen LogP contribution in [0.4, 0.5) is 27.8 Å². The lowest BCUT2D eigenvalue weighted by Gasteiger charge is -2.21. The molecule has 0 amide bonds. The number of nitrogens with zero attached hydrogens (tertiary/aromatic N) is 4. The van der Waals surface area contributed by atoms with Crippen molar-refractivity contribution in [1.82, 2.24) is 19.6 Å². The lowest BCUT2D eigenvalue weighted by molar-refractivity contribution is -0.138. The van der Waals surface area contributed by atoms with Crippen LogP contribution in [0.1, 0.15) is 6.92 Å². The molecule has 0 spiro atoms. The Labute approximate surface area is 165 Å². The van der Waals surface area contributed by atoms with Crippen LogP contribution in [0.25, 0.3) is 16.9 Å². The van der Waals surface area contributed by atoms with Crippen molar-refractivity contribution in [3.8, 4) is 16.9 Å². The number of benzene rings is 1. The zero-order valence-corrected chi connectivity index (χ0v) is 15.4. The molecule has 156 valence electrons. The van der Waals surface area contributed by atoms with Gasteiger partial charge in [0.1, 0.15) is 47.3 Å². The van der Waals surface area contributed by atoms with Crippen LogP contribution in [0.15, 0.2) is 18.5 Å². The molecular weight excluding hydrogens is 425 g/mol. The molecule has 0 saturated heterocycles. The molecule has 2 heterocycles. The predicted molar refractivity (Wildman–Crippen MR) is 92.9 cm³/mol. The number of hydrogen-bond acceptors (Lipinski definition) is 6. The van der Waals surface area contributed by atoms with E-state index in [9.17, 15) is 22.0 Å². The number of alkyl halides is 3. The van der Waals surface area contributed by atoms with Crippen LogP contribution < -0.4 is 10.1 Å². The van der Waals surface area contributed by atoms with Gasteiger partial charge in [0.2, 0.25) is 0 Å². The molecule has 0 fully saturated rings. The molecule has 1 aromatic carbocycles. The number of halogens is 6. The first-order valence-corrected chi connectivity index (χ1v) is 8.46. The van der Waals surface area contributed by atoms with Gasteiger partial charge < -0.3 is 15.2 Å². The lowest BCUT2D eigenvalue weighted by atomic mass is 10.1. The molecule has 13 heteroatoms. The van der Waals surface area contributed by atoms with Crippen molar-refractivity contribution < 1.29 is 31.8 Å². The third kappa shape index (κ3) is 4.17. The third-order valence-electron chi connectivity index (χ3n) is 3.85. The molecular formula is C16H13ClF5N5O2. The summed E-state index contributed by atoms with van der Waals surface area (Å²) >= 11 is 6.05. The number of aliphatic hydroxyl groups is 1. The number of anilines is 1. The molecule has 1 unspecified atom stereocenters. The molecule has 3 rings (SSSR count). The smallest absolute Gasteiger partial charge is 0.408 e. The lowest BCUT2D eigenvalue weighted by Crippen LogP contribution is -2.34. The van der Waals surface area contributed by atoms with Crippen LogP contribution in [0.2, 0.25) is 5.15 Å². The topological polar surface area (TPSA) is 84.6 Å². The summed E-state index contributed by atoms with van der Waals surface area (Å²) in [5, 5.41) is 14.2. The van der Waals surface area contributed by atoms with Crippen LogP contribution in [0.3, 0.4) is 0 Å². The minimum Gasteiger partial charge on any atom is -0.491 e. The van der Waals surface area contributed by atoms with Crippen LogP contribution in [-0.2, 0) is 0 Å². The highest BCUT2D eigenvalue weighted by atomic mass is 35.5. The zero-order chi connectivity index (χ0) is 21.3.